The molecule has 2 aromatic carbocycles. The molecular weight excluding hydrogens is 354 g/mol. The Kier molecular flexibility index (Phi) is 3.17. The zero-order chi connectivity index (χ0) is 18.7. The number of H-pyrrole nitrogens is 1. The van der Waals surface area contributed by atoms with Gasteiger partial charge in [-0.15, -0.1) is 0 Å². The SMILES string of the molecule is O=C(NC1CC1)c1cc2c([nH]c3ccccc32)c(-c2ccc3c(c2)OCO3)n1. The summed E-state index contributed by atoms with van der Waals surface area (Å²) in [6, 6.07) is 16.0. The lowest BCUT2D eigenvalue weighted by Crippen LogP contribution is -2.26. The van der Waals surface area contributed by atoms with Crippen LogP contribution in [0.25, 0.3) is 33.1 Å². The van der Waals surface area contributed by atoms with Gasteiger partial charge in [-0.05, 0) is 43.2 Å². The quantitative estimate of drug-likeness (QED) is 0.571. The Bertz CT molecular complexity index is 1260. The van der Waals surface area contributed by atoms with Crippen LogP contribution in [0, 0.1) is 0 Å². The van der Waals surface area contributed by atoms with Gasteiger partial charge >= 0.3 is 0 Å². The highest BCUT2D eigenvalue weighted by Gasteiger charge is 2.26. The van der Waals surface area contributed by atoms with Crippen LogP contribution in [0.4, 0.5) is 0 Å². The van der Waals surface area contributed by atoms with Gasteiger partial charge in [0, 0.05) is 27.9 Å². The van der Waals surface area contributed by atoms with Crippen LogP contribution in [0.5, 0.6) is 11.5 Å². The van der Waals surface area contributed by atoms with Gasteiger partial charge in [-0.25, -0.2) is 4.98 Å². The van der Waals surface area contributed by atoms with Gasteiger partial charge in [0.1, 0.15) is 5.69 Å². The standard InChI is InChI=1S/C22H17N3O3/c26-22(23-13-6-7-13)17-10-15-14-3-1-2-4-16(14)24-21(15)20(25-17)12-5-8-18-19(9-12)28-11-27-18/h1-5,8-10,13,24H,6-7,11H2,(H,23,26). The molecule has 6 rings (SSSR count). The van der Waals surface area contributed by atoms with Crippen molar-refractivity contribution >= 4 is 27.7 Å². The Morgan fingerprint density at radius 2 is 1.89 bits per heavy atom. The van der Waals surface area contributed by atoms with E-state index in [1.54, 1.807) is 0 Å². The third-order valence-electron chi connectivity index (χ3n) is 5.29. The lowest BCUT2D eigenvalue weighted by Gasteiger charge is -2.08. The Balaban J connectivity index is 1.60. The van der Waals surface area contributed by atoms with E-state index in [9.17, 15) is 4.79 Å². The minimum atomic E-state index is -0.128. The molecule has 4 aromatic rings. The minimum Gasteiger partial charge on any atom is -0.454 e. The number of amides is 1. The van der Waals surface area contributed by atoms with Crippen LogP contribution < -0.4 is 14.8 Å². The predicted octanol–water partition coefficient (Wildman–Crippen LogP) is 4.00. The molecule has 6 nitrogen and oxygen atoms in total. The zero-order valence-corrected chi connectivity index (χ0v) is 15.0. The third kappa shape index (κ3) is 2.41. The summed E-state index contributed by atoms with van der Waals surface area (Å²) < 4.78 is 11.0. The third-order valence-corrected chi connectivity index (χ3v) is 5.29. The molecule has 0 saturated heterocycles. The summed E-state index contributed by atoms with van der Waals surface area (Å²) in [5.74, 6) is 1.28. The molecule has 138 valence electrons. The molecule has 2 N–H and O–H groups in total. The van der Waals surface area contributed by atoms with Crippen molar-refractivity contribution in [1.82, 2.24) is 15.3 Å². The number of para-hydroxylation sites is 1. The molecule has 0 spiro atoms. The van der Waals surface area contributed by atoms with Gasteiger partial charge in [-0.2, -0.15) is 0 Å². The van der Waals surface area contributed by atoms with Crippen molar-refractivity contribution in [3.8, 4) is 22.8 Å². The Labute approximate surface area is 160 Å². The highest BCUT2D eigenvalue weighted by molar-refractivity contribution is 6.13. The molecule has 28 heavy (non-hydrogen) atoms. The molecule has 0 unspecified atom stereocenters. The average Bonchev–Trinajstić information content (AvgIpc) is 3.27. The van der Waals surface area contributed by atoms with E-state index < -0.39 is 0 Å². The summed E-state index contributed by atoms with van der Waals surface area (Å²) >= 11 is 0. The van der Waals surface area contributed by atoms with Crippen LogP contribution in [0.3, 0.4) is 0 Å². The summed E-state index contributed by atoms with van der Waals surface area (Å²) in [6.07, 6.45) is 2.08. The second kappa shape index (κ2) is 5.73. The summed E-state index contributed by atoms with van der Waals surface area (Å²) in [5, 5.41) is 5.10. The van der Waals surface area contributed by atoms with Gasteiger partial charge in [0.15, 0.2) is 11.5 Å². The molecule has 2 aliphatic rings. The molecule has 1 fully saturated rings. The number of hydrogen-bond donors (Lipinski definition) is 2. The van der Waals surface area contributed by atoms with E-state index in [0.29, 0.717) is 11.4 Å². The normalized spacial score (nSPS) is 15.3. The summed E-state index contributed by atoms with van der Waals surface area (Å²) in [7, 11) is 0. The maximum absolute atomic E-state index is 12.7. The fraction of sp³-hybridized carbons (Fsp3) is 0.182. The first-order chi connectivity index (χ1) is 13.8. The average molecular weight is 371 g/mol. The van der Waals surface area contributed by atoms with Crippen molar-refractivity contribution in [3.63, 3.8) is 0 Å². The van der Waals surface area contributed by atoms with Gasteiger partial charge in [0.05, 0.1) is 11.2 Å². The van der Waals surface area contributed by atoms with E-state index in [1.807, 2.05) is 42.5 Å². The number of benzene rings is 2. The molecule has 0 bridgehead atoms. The fourth-order valence-corrected chi connectivity index (χ4v) is 3.70. The largest absolute Gasteiger partial charge is 0.454 e. The number of aromatic amines is 1. The van der Waals surface area contributed by atoms with E-state index in [0.717, 1.165) is 51.7 Å². The first-order valence-corrected chi connectivity index (χ1v) is 9.38. The molecule has 0 atom stereocenters. The van der Waals surface area contributed by atoms with Crippen LogP contribution in [-0.4, -0.2) is 28.7 Å². The van der Waals surface area contributed by atoms with Crippen molar-refractivity contribution in [2.24, 2.45) is 0 Å². The molecule has 1 aliphatic heterocycles. The van der Waals surface area contributed by atoms with Crippen molar-refractivity contribution in [3.05, 3.63) is 54.2 Å². The molecular formula is C22H17N3O3. The monoisotopic (exact) mass is 371 g/mol. The van der Waals surface area contributed by atoms with Crippen molar-refractivity contribution < 1.29 is 14.3 Å². The van der Waals surface area contributed by atoms with Crippen molar-refractivity contribution in [2.45, 2.75) is 18.9 Å². The smallest absolute Gasteiger partial charge is 0.270 e. The van der Waals surface area contributed by atoms with Gasteiger partial charge in [0.25, 0.3) is 5.91 Å². The van der Waals surface area contributed by atoms with E-state index in [-0.39, 0.29) is 18.7 Å². The zero-order valence-electron chi connectivity index (χ0n) is 15.0. The van der Waals surface area contributed by atoms with Gasteiger partial charge in [-0.1, -0.05) is 18.2 Å². The van der Waals surface area contributed by atoms with Crippen molar-refractivity contribution in [1.29, 1.82) is 0 Å². The Morgan fingerprint density at radius 1 is 1.04 bits per heavy atom. The van der Waals surface area contributed by atoms with Gasteiger partial charge < -0.3 is 19.8 Å². The summed E-state index contributed by atoms with van der Waals surface area (Å²) in [6.45, 7) is 0.220. The lowest BCUT2D eigenvalue weighted by molar-refractivity contribution is 0.0946. The number of fused-ring (bicyclic) bond motifs is 4. The number of carbonyl (C=O) groups is 1. The minimum absolute atomic E-state index is 0.128. The first-order valence-electron chi connectivity index (χ1n) is 9.38. The van der Waals surface area contributed by atoms with E-state index in [2.05, 4.69) is 16.4 Å². The second-order valence-electron chi connectivity index (χ2n) is 7.27. The number of nitrogens with zero attached hydrogens (tertiary/aromatic N) is 1. The van der Waals surface area contributed by atoms with Gasteiger partial charge in [-0.3, -0.25) is 4.79 Å². The van der Waals surface area contributed by atoms with Crippen molar-refractivity contribution in [2.75, 3.05) is 6.79 Å². The maximum Gasteiger partial charge on any atom is 0.270 e. The Hall–Kier alpha value is -3.54. The number of hydrogen-bond acceptors (Lipinski definition) is 4. The molecule has 1 amide bonds. The van der Waals surface area contributed by atoms with Crippen LogP contribution >= 0.6 is 0 Å². The Morgan fingerprint density at radius 3 is 2.79 bits per heavy atom. The number of rotatable bonds is 3. The molecule has 1 saturated carbocycles. The first kappa shape index (κ1) is 15.5. The van der Waals surface area contributed by atoms with Crippen LogP contribution in [0.1, 0.15) is 23.3 Å². The lowest BCUT2D eigenvalue weighted by atomic mass is 10.1. The highest BCUT2D eigenvalue weighted by atomic mass is 16.7. The molecule has 6 heteroatoms. The molecule has 3 heterocycles. The summed E-state index contributed by atoms with van der Waals surface area (Å²) in [5.41, 5.74) is 3.95. The summed E-state index contributed by atoms with van der Waals surface area (Å²) in [4.78, 5) is 20.9. The van der Waals surface area contributed by atoms with Crippen LogP contribution in [0.2, 0.25) is 0 Å². The number of aromatic nitrogens is 2. The van der Waals surface area contributed by atoms with E-state index in [1.165, 1.54) is 0 Å². The number of pyridine rings is 1. The van der Waals surface area contributed by atoms with E-state index >= 15 is 0 Å². The topological polar surface area (TPSA) is 76.2 Å². The highest BCUT2D eigenvalue weighted by Crippen LogP contribution is 2.38. The maximum atomic E-state index is 12.7. The van der Waals surface area contributed by atoms with Crippen LogP contribution in [-0.2, 0) is 0 Å². The van der Waals surface area contributed by atoms with Crippen LogP contribution in [0.15, 0.2) is 48.5 Å². The van der Waals surface area contributed by atoms with E-state index in [4.69, 9.17) is 14.5 Å². The predicted molar refractivity (Wildman–Crippen MR) is 106 cm³/mol. The number of carbonyl (C=O) groups excluding carboxylic acids is 1. The van der Waals surface area contributed by atoms with Gasteiger partial charge in [0.2, 0.25) is 6.79 Å². The molecule has 2 aromatic heterocycles. The number of nitrogens with one attached hydrogen (secondary N) is 2. The number of ether oxygens (including phenoxy) is 2. The fourth-order valence-electron chi connectivity index (χ4n) is 3.70. The molecule has 1 aliphatic carbocycles. The molecule has 0 radical (unpaired) electrons. The second-order valence-corrected chi connectivity index (χ2v) is 7.27.